The lowest BCUT2D eigenvalue weighted by Gasteiger charge is -2.04. The van der Waals surface area contributed by atoms with E-state index in [0.29, 0.717) is 6.61 Å². The fourth-order valence-corrected chi connectivity index (χ4v) is 1.60. The maximum atomic E-state index is 10.9. The first-order valence-electron chi connectivity index (χ1n) is 6.13. The van der Waals surface area contributed by atoms with Gasteiger partial charge in [-0.05, 0) is 6.42 Å². The van der Waals surface area contributed by atoms with Crippen molar-refractivity contribution in [1.82, 2.24) is 0 Å². The van der Waals surface area contributed by atoms with Crippen molar-refractivity contribution in [3.8, 4) is 0 Å². The average molecular weight is 269 g/mol. The number of carbonyl (C=O) groups excluding carboxylic acids is 1. The molecule has 0 radical (unpaired) electrons. The summed E-state index contributed by atoms with van der Waals surface area (Å²) in [5, 5.41) is 0. The minimum absolute atomic E-state index is 0.434. The molecule has 4 heteroatoms. The maximum absolute atomic E-state index is 10.9. The summed E-state index contributed by atoms with van der Waals surface area (Å²) in [5.74, 6) is -0.536. The number of rotatable bonds is 10. The van der Waals surface area contributed by atoms with E-state index in [0.717, 1.165) is 12.8 Å². The van der Waals surface area contributed by atoms with Crippen LogP contribution in [0.2, 0.25) is 0 Å². The van der Waals surface area contributed by atoms with Crippen LogP contribution in [0, 0.1) is 0 Å². The van der Waals surface area contributed by atoms with Crippen LogP contribution >= 0.6 is 23.2 Å². The molecular weight excluding hydrogens is 247 g/mol. The Morgan fingerprint density at radius 2 is 1.50 bits per heavy atom. The molecule has 0 aromatic heterocycles. The average Bonchev–Trinajstić information content (AvgIpc) is 2.26. The molecule has 0 unspecified atom stereocenters. The Balaban J connectivity index is 3.07. The molecule has 0 aliphatic heterocycles. The lowest BCUT2D eigenvalue weighted by Crippen LogP contribution is -2.12. The normalized spacial score (nSPS) is 10.8. The molecule has 0 aromatic rings. The second-order valence-electron chi connectivity index (χ2n) is 3.94. The number of carbonyl (C=O) groups is 1. The van der Waals surface area contributed by atoms with E-state index < -0.39 is 10.8 Å². The van der Waals surface area contributed by atoms with E-state index in [1.165, 1.54) is 38.5 Å². The topological polar surface area (TPSA) is 26.3 Å². The molecule has 0 heterocycles. The van der Waals surface area contributed by atoms with Crippen molar-refractivity contribution in [3.63, 3.8) is 0 Å². The zero-order valence-corrected chi connectivity index (χ0v) is 11.5. The number of halogens is 2. The Hall–Kier alpha value is 0.0500. The second-order valence-corrected chi connectivity index (χ2v) is 5.04. The van der Waals surface area contributed by atoms with Gasteiger partial charge in [0, 0.05) is 0 Å². The van der Waals surface area contributed by atoms with Gasteiger partial charge in [0.1, 0.15) is 0 Å². The highest BCUT2D eigenvalue weighted by molar-refractivity contribution is 6.52. The lowest BCUT2D eigenvalue weighted by molar-refractivity contribution is -0.141. The number of hydrogen-bond donors (Lipinski definition) is 0. The van der Waals surface area contributed by atoms with Crippen LogP contribution in [-0.2, 0) is 9.53 Å². The molecule has 96 valence electrons. The van der Waals surface area contributed by atoms with Gasteiger partial charge in [-0.3, -0.25) is 0 Å². The maximum Gasteiger partial charge on any atom is 0.339 e. The Labute approximate surface area is 109 Å². The van der Waals surface area contributed by atoms with Gasteiger partial charge in [0.2, 0.25) is 4.84 Å². The Morgan fingerprint density at radius 3 is 2.00 bits per heavy atom. The van der Waals surface area contributed by atoms with E-state index in [1.807, 2.05) is 0 Å². The number of hydrogen-bond acceptors (Lipinski definition) is 2. The van der Waals surface area contributed by atoms with Gasteiger partial charge in [0.15, 0.2) is 0 Å². The van der Waals surface area contributed by atoms with Crippen LogP contribution in [0.5, 0.6) is 0 Å². The molecule has 0 spiro atoms. The summed E-state index contributed by atoms with van der Waals surface area (Å²) in [6.07, 6.45) is 9.78. The van der Waals surface area contributed by atoms with Crippen LogP contribution in [0.15, 0.2) is 0 Å². The lowest BCUT2D eigenvalue weighted by atomic mass is 10.1. The monoisotopic (exact) mass is 268 g/mol. The number of alkyl halides is 2. The molecule has 2 nitrogen and oxygen atoms in total. The number of ether oxygens (including phenoxy) is 1. The van der Waals surface area contributed by atoms with Crippen molar-refractivity contribution < 1.29 is 9.53 Å². The summed E-state index contributed by atoms with van der Waals surface area (Å²) < 4.78 is 4.85. The summed E-state index contributed by atoms with van der Waals surface area (Å²) in [6, 6.07) is 0. The van der Waals surface area contributed by atoms with Gasteiger partial charge >= 0.3 is 5.97 Å². The van der Waals surface area contributed by atoms with Crippen LogP contribution in [0.25, 0.3) is 0 Å². The Kier molecular flexibility index (Phi) is 11.6. The van der Waals surface area contributed by atoms with E-state index in [1.54, 1.807) is 0 Å². The zero-order chi connectivity index (χ0) is 12.2. The molecule has 0 aromatic carbocycles. The predicted molar refractivity (Wildman–Crippen MR) is 69.1 cm³/mol. The summed E-state index contributed by atoms with van der Waals surface area (Å²) in [7, 11) is 0. The van der Waals surface area contributed by atoms with Gasteiger partial charge in [0.05, 0.1) is 6.61 Å². The Bertz CT molecular complexity index is 172. The SMILES string of the molecule is CCCCCCCCCCOC(=O)C(Cl)Cl. The van der Waals surface area contributed by atoms with Crippen LogP contribution in [-0.4, -0.2) is 17.4 Å². The van der Waals surface area contributed by atoms with Gasteiger partial charge < -0.3 is 4.74 Å². The van der Waals surface area contributed by atoms with Gasteiger partial charge in [-0.1, -0.05) is 75.1 Å². The molecular formula is C12H22Cl2O2. The van der Waals surface area contributed by atoms with Crippen LogP contribution in [0.4, 0.5) is 0 Å². The van der Waals surface area contributed by atoms with Crippen molar-refractivity contribution >= 4 is 29.2 Å². The number of unbranched alkanes of at least 4 members (excludes halogenated alkanes) is 7. The van der Waals surface area contributed by atoms with E-state index in [-0.39, 0.29) is 0 Å². The van der Waals surface area contributed by atoms with Gasteiger partial charge in [-0.15, -0.1) is 0 Å². The van der Waals surface area contributed by atoms with Gasteiger partial charge in [-0.2, -0.15) is 0 Å². The Morgan fingerprint density at radius 1 is 1.00 bits per heavy atom. The second kappa shape index (κ2) is 11.5. The van der Waals surface area contributed by atoms with Crippen molar-refractivity contribution in [3.05, 3.63) is 0 Å². The quantitative estimate of drug-likeness (QED) is 0.332. The molecule has 0 atom stereocenters. The smallest absolute Gasteiger partial charge is 0.339 e. The van der Waals surface area contributed by atoms with Crippen LogP contribution in [0.1, 0.15) is 58.3 Å². The van der Waals surface area contributed by atoms with Crippen LogP contribution < -0.4 is 0 Å². The van der Waals surface area contributed by atoms with Crippen molar-refractivity contribution in [2.45, 2.75) is 63.1 Å². The van der Waals surface area contributed by atoms with Crippen molar-refractivity contribution in [2.75, 3.05) is 6.61 Å². The molecule has 0 amide bonds. The largest absolute Gasteiger partial charge is 0.464 e. The fourth-order valence-electron chi connectivity index (χ4n) is 1.47. The standard InChI is InChI=1S/C12H22Cl2O2/c1-2-3-4-5-6-7-8-9-10-16-12(15)11(13)14/h11H,2-10H2,1H3. The molecule has 0 saturated heterocycles. The van der Waals surface area contributed by atoms with E-state index in [9.17, 15) is 4.79 Å². The first-order valence-corrected chi connectivity index (χ1v) is 7.00. The third-order valence-electron chi connectivity index (χ3n) is 2.42. The summed E-state index contributed by atoms with van der Waals surface area (Å²) in [5.41, 5.74) is 0. The highest BCUT2D eigenvalue weighted by Crippen LogP contribution is 2.09. The third-order valence-corrected chi connectivity index (χ3v) is 2.78. The minimum atomic E-state index is -1.05. The first kappa shape index (κ1) is 16.1. The minimum Gasteiger partial charge on any atom is -0.464 e. The molecule has 0 aliphatic carbocycles. The highest BCUT2D eigenvalue weighted by atomic mass is 35.5. The molecule has 0 rings (SSSR count). The van der Waals surface area contributed by atoms with E-state index in [4.69, 9.17) is 27.9 Å². The molecule has 0 bridgehead atoms. The van der Waals surface area contributed by atoms with Gasteiger partial charge in [-0.25, -0.2) is 4.79 Å². The van der Waals surface area contributed by atoms with E-state index >= 15 is 0 Å². The van der Waals surface area contributed by atoms with E-state index in [2.05, 4.69) is 6.92 Å². The summed E-state index contributed by atoms with van der Waals surface area (Å²) in [6.45, 7) is 2.65. The molecule has 0 N–H and O–H groups in total. The number of esters is 1. The van der Waals surface area contributed by atoms with Crippen molar-refractivity contribution in [1.29, 1.82) is 0 Å². The predicted octanol–water partition coefficient (Wildman–Crippen LogP) is 4.47. The third kappa shape index (κ3) is 10.6. The molecule has 0 aliphatic rings. The summed E-state index contributed by atoms with van der Waals surface area (Å²) in [4.78, 5) is 9.82. The molecule has 0 fully saturated rings. The molecule has 16 heavy (non-hydrogen) atoms. The highest BCUT2D eigenvalue weighted by Gasteiger charge is 2.11. The van der Waals surface area contributed by atoms with Crippen LogP contribution in [0.3, 0.4) is 0 Å². The van der Waals surface area contributed by atoms with Crippen molar-refractivity contribution in [2.24, 2.45) is 0 Å². The first-order chi connectivity index (χ1) is 7.68. The zero-order valence-electron chi connectivity index (χ0n) is 10.0. The molecule has 0 saturated carbocycles. The fraction of sp³-hybridized carbons (Fsp3) is 0.917. The summed E-state index contributed by atoms with van der Waals surface area (Å²) >= 11 is 10.7. The van der Waals surface area contributed by atoms with Gasteiger partial charge in [0.25, 0.3) is 0 Å².